The maximum absolute atomic E-state index is 12.4. The summed E-state index contributed by atoms with van der Waals surface area (Å²) in [4.78, 5) is 28.7. The summed E-state index contributed by atoms with van der Waals surface area (Å²) in [7, 11) is 0. The lowest BCUT2D eigenvalue weighted by atomic mass is 10.0. The average Bonchev–Trinajstić information content (AvgIpc) is 2.91. The summed E-state index contributed by atoms with van der Waals surface area (Å²) >= 11 is 0. The van der Waals surface area contributed by atoms with E-state index in [1.807, 2.05) is 24.3 Å². The Kier molecular flexibility index (Phi) is 3.18. The summed E-state index contributed by atoms with van der Waals surface area (Å²) in [6, 6.07) is 7.53. The molecular formula is C15H17N3O2. The molecule has 20 heavy (non-hydrogen) atoms. The van der Waals surface area contributed by atoms with Gasteiger partial charge in [-0.15, -0.1) is 0 Å². The number of primary amides is 1. The highest BCUT2D eigenvalue weighted by atomic mass is 16.1. The molecule has 0 unspecified atom stereocenters. The van der Waals surface area contributed by atoms with Crippen molar-refractivity contribution in [1.29, 1.82) is 0 Å². The number of H-pyrrole nitrogens is 1. The first kappa shape index (κ1) is 12.7. The van der Waals surface area contributed by atoms with Crippen LogP contribution in [0.1, 0.15) is 18.4 Å². The van der Waals surface area contributed by atoms with Gasteiger partial charge in [0.1, 0.15) is 5.69 Å². The predicted octanol–water partition coefficient (Wildman–Crippen LogP) is 1.16. The Bertz CT molecular complexity index is 715. The van der Waals surface area contributed by atoms with E-state index in [9.17, 15) is 9.59 Å². The monoisotopic (exact) mass is 271 g/mol. The van der Waals surface area contributed by atoms with E-state index in [-0.39, 0.29) is 12.0 Å². The van der Waals surface area contributed by atoms with Gasteiger partial charge in [0.25, 0.3) is 5.56 Å². The zero-order valence-corrected chi connectivity index (χ0v) is 11.2. The minimum atomic E-state index is -0.416. The van der Waals surface area contributed by atoms with E-state index in [1.165, 1.54) is 0 Å². The summed E-state index contributed by atoms with van der Waals surface area (Å²) in [6.45, 7) is 1.71. The molecule has 5 heteroatoms. The van der Waals surface area contributed by atoms with Gasteiger partial charge in [-0.25, -0.2) is 0 Å². The molecule has 2 aromatic rings. The number of fused-ring (bicyclic) bond motifs is 1. The molecule has 1 saturated heterocycles. The zero-order valence-electron chi connectivity index (χ0n) is 11.2. The van der Waals surface area contributed by atoms with Crippen LogP contribution >= 0.6 is 0 Å². The van der Waals surface area contributed by atoms with E-state index in [1.54, 1.807) is 0 Å². The fourth-order valence-electron chi connectivity index (χ4n) is 2.93. The molecule has 0 spiro atoms. The van der Waals surface area contributed by atoms with Crippen LogP contribution in [0.5, 0.6) is 0 Å². The number of aromatic amines is 1. The van der Waals surface area contributed by atoms with Crippen LogP contribution in [-0.4, -0.2) is 24.0 Å². The van der Waals surface area contributed by atoms with E-state index in [4.69, 9.17) is 5.73 Å². The Morgan fingerprint density at radius 3 is 2.65 bits per heavy atom. The molecule has 5 nitrogen and oxygen atoms in total. The number of nitrogens with one attached hydrogen (secondary N) is 1. The van der Waals surface area contributed by atoms with Crippen molar-refractivity contribution in [2.75, 3.05) is 18.0 Å². The molecule has 0 aliphatic carbocycles. The summed E-state index contributed by atoms with van der Waals surface area (Å²) in [5, 5.41) is 0.896. The van der Waals surface area contributed by atoms with Gasteiger partial charge in [0.05, 0.1) is 6.42 Å². The quantitative estimate of drug-likeness (QED) is 0.879. The lowest BCUT2D eigenvalue weighted by molar-refractivity contribution is -0.117. The van der Waals surface area contributed by atoms with Crippen LogP contribution in [0.15, 0.2) is 29.1 Å². The summed E-state index contributed by atoms with van der Waals surface area (Å²) in [6.07, 6.45) is 2.24. The Balaban J connectivity index is 2.27. The van der Waals surface area contributed by atoms with Crippen molar-refractivity contribution < 1.29 is 4.79 Å². The summed E-state index contributed by atoms with van der Waals surface area (Å²) in [5.41, 5.74) is 7.33. The number of hydrogen-bond acceptors (Lipinski definition) is 3. The number of hydrogen-bond donors (Lipinski definition) is 2. The van der Waals surface area contributed by atoms with Crippen LogP contribution in [0.2, 0.25) is 0 Å². The van der Waals surface area contributed by atoms with E-state index in [2.05, 4.69) is 9.88 Å². The minimum absolute atomic E-state index is 0.0935. The third kappa shape index (κ3) is 2.15. The average molecular weight is 271 g/mol. The molecule has 1 fully saturated rings. The smallest absolute Gasteiger partial charge is 0.272 e. The molecule has 0 bridgehead atoms. The molecule has 3 rings (SSSR count). The zero-order chi connectivity index (χ0) is 14.1. The largest absolute Gasteiger partial charge is 0.369 e. The first-order valence-electron chi connectivity index (χ1n) is 6.84. The molecule has 0 radical (unpaired) electrons. The predicted molar refractivity (Wildman–Crippen MR) is 78.9 cm³/mol. The number of aromatic nitrogens is 1. The standard InChI is InChI=1S/C15H17N3O2/c16-13(19)9-11-10-5-1-2-6-12(10)17-15(20)14(11)18-7-3-4-8-18/h1-2,5-6H,3-4,7-9H2,(H2,16,19)(H,17,20). The van der Waals surface area contributed by atoms with Gasteiger partial charge in [-0.05, 0) is 24.5 Å². The van der Waals surface area contributed by atoms with Crippen molar-refractivity contribution >= 4 is 22.5 Å². The number of rotatable bonds is 3. The highest BCUT2D eigenvalue weighted by Gasteiger charge is 2.22. The number of nitrogens with zero attached hydrogens (tertiary/aromatic N) is 1. The van der Waals surface area contributed by atoms with E-state index >= 15 is 0 Å². The Labute approximate surface area is 116 Å². The summed E-state index contributed by atoms with van der Waals surface area (Å²) < 4.78 is 0. The van der Waals surface area contributed by atoms with Gasteiger partial charge in [0.2, 0.25) is 5.91 Å². The molecule has 1 aromatic heterocycles. The van der Waals surface area contributed by atoms with Crippen LogP contribution in [0.4, 0.5) is 5.69 Å². The maximum Gasteiger partial charge on any atom is 0.272 e. The number of amides is 1. The fourth-order valence-corrected chi connectivity index (χ4v) is 2.93. The van der Waals surface area contributed by atoms with E-state index < -0.39 is 5.91 Å². The van der Waals surface area contributed by atoms with Crippen molar-refractivity contribution in [2.24, 2.45) is 5.73 Å². The number of carbonyl (C=O) groups excluding carboxylic acids is 1. The summed E-state index contributed by atoms with van der Waals surface area (Å²) in [5.74, 6) is -0.416. The van der Waals surface area contributed by atoms with Gasteiger partial charge >= 0.3 is 0 Å². The number of nitrogens with two attached hydrogens (primary N) is 1. The van der Waals surface area contributed by atoms with Gasteiger partial charge in [-0.3, -0.25) is 9.59 Å². The fraction of sp³-hybridized carbons (Fsp3) is 0.333. The highest BCUT2D eigenvalue weighted by Crippen LogP contribution is 2.27. The molecule has 3 N–H and O–H groups in total. The highest BCUT2D eigenvalue weighted by molar-refractivity contribution is 5.91. The van der Waals surface area contributed by atoms with E-state index in [0.717, 1.165) is 42.4 Å². The number of pyridine rings is 1. The first-order chi connectivity index (χ1) is 9.66. The van der Waals surface area contributed by atoms with Crippen molar-refractivity contribution in [3.05, 3.63) is 40.2 Å². The number of anilines is 1. The topological polar surface area (TPSA) is 79.2 Å². The van der Waals surface area contributed by atoms with Crippen molar-refractivity contribution in [1.82, 2.24) is 4.98 Å². The van der Waals surface area contributed by atoms with Crippen molar-refractivity contribution in [3.8, 4) is 0 Å². The molecular weight excluding hydrogens is 254 g/mol. The van der Waals surface area contributed by atoms with Crippen molar-refractivity contribution in [2.45, 2.75) is 19.3 Å². The molecule has 0 saturated carbocycles. The second-order valence-corrected chi connectivity index (χ2v) is 5.16. The van der Waals surface area contributed by atoms with Gasteiger partial charge < -0.3 is 15.6 Å². The Morgan fingerprint density at radius 1 is 1.25 bits per heavy atom. The van der Waals surface area contributed by atoms with Crippen LogP contribution in [0.25, 0.3) is 10.9 Å². The van der Waals surface area contributed by atoms with Gasteiger partial charge in [0, 0.05) is 24.0 Å². The van der Waals surface area contributed by atoms with Crippen LogP contribution in [-0.2, 0) is 11.2 Å². The number of para-hydroxylation sites is 1. The van der Waals surface area contributed by atoms with Crippen molar-refractivity contribution in [3.63, 3.8) is 0 Å². The third-order valence-electron chi connectivity index (χ3n) is 3.77. The molecule has 104 valence electrons. The van der Waals surface area contributed by atoms with Gasteiger partial charge in [0.15, 0.2) is 0 Å². The maximum atomic E-state index is 12.4. The van der Waals surface area contributed by atoms with Gasteiger partial charge in [-0.2, -0.15) is 0 Å². The normalized spacial score (nSPS) is 14.9. The molecule has 0 atom stereocenters. The van der Waals surface area contributed by atoms with Crippen LogP contribution in [0.3, 0.4) is 0 Å². The molecule has 1 amide bonds. The van der Waals surface area contributed by atoms with Crippen LogP contribution < -0.4 is 16.2 Å². The molecule has 1 aliphatic rings. The SMILES string of the molecule is NC(=O)Cc1c(N2CCCC2)c(=O)[nH]c2ccccc12. The van der Waals surface area contributed by atoms with E-state index in [0.29, 0.717) is 5.69 Å². The lowest BCUT2D eigenvalue weighted by Crippen LogP contribution is -2.29. The Morgan fingerprint density at radius 2 is 1.95 bits per heavy atom. The molecule has 1 aliphatic heterocycles. The first-order valence-corrected chi connectivity index (χ1v) is 6.84. The van der Waals surface area contributed by atoms with Gasteiger partial charge in [-0.1, -0.05) is 18.2 Å². The van der Waals surface area contributed by atoms with Crippen LogP contribution in [0, 0.1) is 0 Å². The molecule has 1 aromatic carbocycles. The second kappa shape index (κ2) is 5.00. The minimum Gasteiger partial charge on any atom is -0.369 e. The Hall–Kier alpha value is -2.30. The third-order valence-corrected chi connectivity index (χ3v) is 3.77. The number of benzene rings is 1. The lowest BCUT2D eigenvalue weighted by Gasteiger charge is -2.21. The second-order valence-electron chi connectivity index (χ2n) is 5.16. The molecule has 2 heterocycles. The number of carbonyl (C=O) groups is 1.